The summed E-state index contributed by atoms with van der Waals surface area (Å²) in [6.07, 6.45) is 6.04. The molecule has 33 heavy (non-hydrogen) atoms. The van der Waals surface area contributed by atoms with E-state index in [2.05, 4.69) is 21.1 Å². The zero-order chi connectivity index (χ0) is 23.7. The molecule has 0 aliphatic rings. The van der Waals surface area contributed by atoms with Crippen molar-refractivity contribution in [1.29, 1.82) is 0 Å². The van der Waals surface area contributed by atoms with Crippen molar-refractivity contribution in [1.82, 2.24) is 10.9 Å². The number of ether oxygens (including phenoxy) is 2. The smallest absolute Gasteiger partial charge is 0.240 e. The Hall–Kier alpha value is -3.68. The van der Waals surface area contributed by atoms with E-state index >= 15 is 0 Å². The highest BCUT2D eigenvalue weighted by atomic mass is 16.5. The van der Waals surface area contributed by atoms with E-state index in [0.717, 1.165) is 29.0 Å². The van der Waals surface area contributed by atoms with E-state index in [1.54, 1.807) is 12.4 Å². The van der Waals surface area contributed by atoms with Crippen LogP contribution in [0.15, 0.2) is 58.7 Å². The monoisotopic (exact) mass is 452 g/mol. The summed E-state index contributed by atoms with van der Waals surface area (Å²) in [6, 6.07) is 14.9. The van der Waals surface area contributed by atoms with Crippen LogP contribution in [0.4, 0.5) is 0 Å². The molecule has 176 valence electrons. The van der Waals surface area contributed by atoms with Gasteiger partial charge >= 0.3 is 0 Å². The molecule has 8 nitrogen and oxygen atoms in total. The summed E-state index contributed by atoms with van der Waals surface area (Å²) in [5, 5.41) is 7.93. The summed E-state index contributed by atoms with van der Waals surface area (Å²) in [5.74, 6) is 1.29. The molecule has 0 atom stereocenters. The standard InChI is InChI=1S/C25H32N4O4/c1-3-32-22-14-10-20(11-15-22)18-26-28-24(30)8-6-5-7-9-25(31)29-27-19-21-12-16-23(17-13-21)33-4-2/h10-19H,3-9H2,1-2H3,(H,28,30)(H,29,31). The first kappa shape index (κ1) is 25.6. The lowest BCUT2D eigenvalue weighted by Crippen LogP contribution is -2.18. The highest BCUT2D eigenvalue weighted by Gasteiger charge is 2.02. The van der Waals surface area contributed by atoms with Gasteiger partial charge in [-0.3, -0.25) is 9.59 Å². The van der Waals surface area contributed by atoms with E-state index in [-0.39, 0.29) is 11.8 Å². The summed E-state index contributed by atoms with van der Waals surface area (Å²) in [4.78, 5) is 23.7. The van der Waals surface area contributed by atoms with Crippen LogP contribution in [0.2, 0.25) is 0 Å². The maximum absolute atomic E-state index is 11.9. The van der Waals surface area contributed by atoms with Crippen LogP contribution >= 0.6 is 0 Å². The molecule has 2 aromatic rings. The molecule has 0 bridgehead atoms. The number of carbonyl (C=O) groups is 2. The molecule has 0 unspecified atom stereocenters. The molecule has 0 fully saturated rings. The van der Waals surface area contributed by atoms with Gasteiger partial charge in [0.15, 0.2) is 0 Å². The van der Waals surface area contributed by atoms with Crippen molar-refractivity contribution in [3.63, 3.8) is 0 Å². The van der Waals surface area contributed by atoms with Gasteiger partial charge < -0.3 is 9.47 Å². The first-order valence-electron chi connectivity index (χ1n) is 11.2. The normalized spacial score (nSPS) is 11.0. The Bertz CT molecular complexity index is 834. The minimum absolute atomic E-state index is 0.151. The van der Waals surface area contributed by atoms with Gasteiger partial charge in [-0.15, -0.1) is 0 Å². The van der Waals surface area contributed by atoms with Crippen molar-refractivity contribution in [2.45, 2.75) is 46.0 Å². The van der Waals surface area contributed by atoms with Crippen LogP contribution in [0.5, 0.6) is 11.5 Å². The molecule has 8 heteroatoms. The van der Waals surface area contributed by atoms with Gasteiger partial charge in [0.25, 0.3) is 0 Å². The molecule has 0 saturated heterocycles. The second-order valence-corrected chi connectivity index (χ2v) is 7.15. The number of amides is 2. The number of hydrazone groups is 2. The van der Waals surface area contributed by atoms with Gasteiger partial charge in [0.05, 0.1) is 25.6 Å². The molecule has 0 aliphatic carbocycles. The Morgan fingerprint density at radius 1 is 0.697 bits per heavy atom. The molecule has 2 N–H and O–H groups in total. The fourth-order valence-corrected chi connectivity index (χ4v) is 2.85. The second-order valence-electron chi connectivity index (χ2n) is 7.15. The van der Waals surface area contributed by atoms with Crippen molar-refractivity contribution in [3.05, 3.63) is 59.7 Å². The van der Waals surface area contributed by atoms with Crippen LogP contribution < -0.4 is 20.3 Å². The minimum atomic E-state index is -0.151. The number of hydrogen-bond acceptors (Lipinski definition) is 6. The molecule has 0 heterocycles. The van der Waals surface area contributed by atoms with E-state index in [4.69, 9.17) is 9.47 Å². The van der Waals surface area contributed by atoms with E-state index < -0.39 is 0 Å². The third kappa shape index (κ3) is 11.0. The third-order valence-electron chi connectivity index (χ3n) is 4.50. The van der Waals surface area contributed by atoms with Gasteiger partial charge in [0, 0.05) is 12.8 Å². The summed E-state index contributed by atoms with van der Waals surface area (Å²) in [6.45, 7) is 5.10. The highest BCUT2D eigenvalue weighted by Crippen LogP contribution is 2.11. The quantitative estimate of drug-likeness (QED) is 0.257. The van der Waals surface area contributed by atoms with E-state index in [1.807, 2.05) is 62.4 Å². The van der Waals surface area contributed by atoms with Gasteiger partial charge in [-0.2, -0.15) is 10.2 Å². The van der Waals surface area contributed by atoms with Gasteiger partial charge in [0.2, 0.25) is 11.8 Å². The molecule has 0 radical (unpaired) electrons. The largest absolute Gasteiger partial charge is 0.494 e. The second kappa shape index (κ2) is 15.2. The van der Waals surface area contributed by atoms with Gasteiger partial charge in [-0.1, -0.05) is 6.42 Å². The topological polar surface area (TPSA) is 101 Å². The summed E-state index contributed by atoms with van der Waals surface area (Å²) >= 11 is 0. The van der Waals surface area contributed by atoms with Crippen molar-refractivity contribution in [3.8, 4) is 11.5 Å². The average molecular weight is 453 g/mol. The van der Waals surface area contributed by atoms with Crippen LogP contribution in [0.3, 0.4) is 0 Å². The van der Waals surface area contributed by atoms with E-state index in [9.17, 15) is 9.59 Å². The molecule has 2 amide bonds. The third-order valence-corrected chi connectivity index (χ3v) is 4.50. The predicted octanol–water partition coefficient (Wildman–Crippen LogP) is 4.03. The molecule has 2 aromatic carbocycles. The van der Waals surface area contributed by atoms with Crippen LogP contribution in [-0.4, -0.2) is 37.5 Å². The average Bonchev–Trinajstić information content (AvgIpc) is 2.81. The molecular weight excluding hydrogens is 420 g/mol. The number of nitrogens with one attached hydrogen (secondary N) is 2. The maximum Gasteiger partial charge on any atom is 0.240 e. The predicted molar refractivity (Wildman–Crippen MR) is 130 cm³/mol. The lowest BCUT2D eigenvalue weighted by Gasteiger charge is -2.03. The lowest BCUT2D eigenvalue weighted by molar-refractivity contribution is -0.121. The maximum atomic E-state index is 11.9. The van der Waals surface area contributed by atoms with Crippen LogP contribution in [0.25, 0.3) is 0 Å². The minimum Gasteiger partial charge on any atom is -0.494 e. The molecule has 0 spiro atoms. The van der Waals surface area contributed by atoms with Crippen LogP contribution in [0.1, 0.15) is 57.1 Å². The highest BCUT2D eigenvalue weighted by molar-refractivity contribution is 5.83. The fraction of sp³-hybridized carbons (Fsp3) is 0.360. The summed E-state index contributed by atoms with van der Waals surface area (Å²) in [5.41, 5.74) is 6.78. The van der Waals surface area contributed by atoms with Crippen LogP contribution in [0, 0.1) is 0 Å². The molecule has 0 aliphatic heterocycles. The SMILES string of the molecule is CCOc1ccc(C=NNC(=O)CCCCCC(=O)NN=Cc2ccc(OCC)cc2)cc1. The Kier molecular flexibility index (Phi) is 11.8. The number of rotatable bonds is 14. The van der Waals surface area contributed by atoms with Crippen LogP contribution in [-0.2, 0) is 9.59 Å². The molecule has 0 aromatic heterocycles. The molecular formula is C25H32N4O4. The Morgan fingerprint density at radius 3 is 1.45 bits per heavy atom. The molecule has 0 saturated carbocycles. The Morgan fingerprint density at radius 2 is 1.09 bits per heavy atom. The zero-order valence-corrected chi connectivity index (χ0v) is 19.3. The summed E-state index contributed by atoms with van der Waals surface area (Å²) < 4.78 is 10.8. The molecule has 2 rings (SSSR count). The van der Waals surface area contributed by atoms with Crippen molar-refractivity contribution >= 4 is 24.2 Å². The number of benzene rings is 2. The van der Waals surface area contributed by atoms with E-state index in [1.165, 1.54) is 0 Å². The summed E-state index contributed by atoms with van der Waals surface area (Å²) in [7, 11) is 0. The van der Waals surface area contributed by atoms with Gasteiger partial charge in [0.1, 0.15) is 11.5 Å². The Labute approximate surface area is 195 Å². The number of unbranched alkanes of at least 4 members (excludes halogenated alkanes) is 2. The zero-order valence-electron chi connectivity index (χ0n) is 19.3. The number of carbonyl (C=O) groups excluding carboxylic acids is 2. The van der Waals surface area contributed by atoms with Gasteiger partial charge in [-0.25, -0.2) is 10.9 Å². The first-order chi connectivity index (χ1) is 16.1. The fourth-order valence-electron chi connectivity index (χ4n) is 2.85. The number of hydrogen-bond donors (Lipinski definition) is 2. The van der Waals surface area contributed by atoms with E-state index in [0.29, 0.717) is 38.9 Å². The first-order valence-corrected chi connectivity index (χ1v) is 11.2. The van der Waals surface area contributed by atoms with Crippen molar-refractivity contribution in [2.75, 3.05) is 13.2 Å². The number of nitrogens with zero attached hydrogens (tertiary/aromatic N) is 2. The Balaban J connectivity index is 1.54. The van der Waals surface area contributed by atoms with Gasteiger partial charge in [-0.05, 0) is 86.3 Å². The van der Waals surface area contributed by atoms with Crippen molar-refractivity contribution < 1.29 is 19.1 Å². The van der Waals surface area contributed by atoms with Crippen molar-refractivity contribution in [2.24, 2.45) is 10.2 Å². The lowest BCUT2D eigenvalue weighted by atomic mass is 10.1.